The van der Waals surface area contributed by atoms with Crippen molar-refractivity contribution in [1.29, 1.82) is 0 Å². The van der Waals surface area contributed by atoms with Gasteiger partial charge in [0, 0.05) is 32.1 Å². The van der Waals surface area contributed by atoms with Crippen LogP contribution in [0.15, 0.2) is 12.3 Å². The van der Waals surface area contributed by atoms with Crippen molar-refractivity contribution in [3.63, 3.8) is 0 Å². The highest BCUT2D eigenvalue weighted by atomic mass is 19.3. The van der Waals surface area contributed by atoms with Gasteiger partial charge in [-0.3, -0.25) is 0 Å². The Balaban J connectivity index is 2.14. The second-order valence-electron chi connectivity index (χ2n) is 4.16. The molecule has 1 aromatic rings. The lowest BCUT2D eigenvalue weighted by atomic mass is 10.1. The molecule has 88 valence electrons. The maximum atomic E-state index is 13.5. The average molecular weight is 230 g/mol. The maximum absolute atomic E-state index is 13.5. The fourth-order valence-corrected chi connectivity index (χ4v) is 1.80. The summed E-state index contributed by atoms with van der Waals surface area (Å²) in [5.74, 6) is -2.87. The van der Waals surface area contributed by atoms with Gasteiger partial charge in [-0.15, -0.1) is 0 Å². The van der Waals surface area contributed by atoms with Crippen molar-refractivity contribution in [1.82, 2.24) is 4.98 Å². The zero-order valence-electron chi connectivity index (χ0n) is 9.01. The van der Waals surface area contributed by atoms with Crippen LogP contribution in [-0.2, 0) is 0 Å². The zero-order valence-corrected chi connectivity index (χ0v) is 9.01. The van der Waals surface area contributed by atoms with E-state index in [-0.39, 0.29) is 31.7 Å². The number of aryl methyl sites for hydroxylation is 1. The van der Waals surface area contributed by atoms with Crippen LogP contribution in [0.4, 0.5) is 19.0 Å². The van der Waals surface area contributed by atoms with E-state index in [1.165, 1.54) is 6.07 Å². The van der Waals surface area contributed by atoms with E-state index in [4.69, 9.17) is 0 Å². The average Bonchev–Trinajstić information content (AvgIpc) is 2.19. The van der Waals surface area contributed by atoms with Gasteiger partial charge in [0.15, 0.2) is 11.6 Å². The van der Waals surface area contributed by atoms with Gasteiger partial charge in [0.2, 0.25) is 0 Å². The van der Waals surface area contributed by atoms with Crippen molar-refractivity contribution in [3.8, 4) is 0 Å². The first-order chi connectivity index (χ1) is 7.48. The van der Waals surface area contributed by atoms with Gasteiger partial charge in [-0.1, -0.05) is 0 Å². The molecule has 0 unspecified atom stereocenters. The SMILES string of the molecule is Cc1cnc(N2CCC(F)(F)CC2)c(F)c1. The van der Waals surface area contributed by atoms with E-state index in [1.807, 2.05) is 0 Å². The Morgan fingerprint density at radius 2 is 1.94 bits per heavy atom. The maximum Gasteiger partial charge on any atom is 0.251 e. The fourth-order valence-electron chi connectivity index (χ4n) is 1.80. The van der Waals surface area contributed by atoms with E-state index >= 15 is 0 Å². The molecule has 5 heteroatoms. The normalized spacial score (nSPS) is 19.9. The van der Waals surface area contributed by atoms with E-state index in [1.54, 1.807) is 18.0 Å². The molecule has 0 atom stereocenters. The lowest BCUT2D eigenvalue weighted by Gasteiger charge is -2.32. The highest BCUT2D eigenvalue weighted by molar-refractivity contribution is 5.41. The lowest BCUT2D eigenvalue weighted by Crippen LogP contribution is -2.40. The van der Waals surface area contributed by atoms with Gasteiger partial charge >= 0.3 is 0 Å². The third-order valence-electron chi connectivity index (χ3n) is 2.75. The van der Waals surface area contributed by atoms with Crippen molar-refractivity contribution in [2.45, 2.75) is 25.7 Å². The first-order valence-electron chi connectivity index (χ1n) is 5.23. The second kappa shape index (κ2) is 3.96. The van der Waals surface area contributed by atoms with Crippen LogP contribution in [0.3, 0.4) is 0 Å². The number of aromatic nitrogens is 1. The Morgan fingerprint density at radius 3 is 2.50 bits per heavy atom. The summed E-state index contributed by atoms with van der Waals surface area (Å²) in [6, 6.07) is 1.37. The minimum atomic E-state index is -2.61. The Labute approximate surface area is 92.1 Å². The molecule has 16 heavy (non-hydrogen) atoms. The molecular formula is C11H13F3N2. The fraction of sp³-hybridized carbons (Fsp3) is 0.545. The van der Waals surface area contributed by atoms with Gasteiger partial charge in [0.05, 0.1) is 0 Å². The topological polar surface area (TPSA) is 16.1 Å². The Hall–Kier alpha value is -1.26. The molecule has 0 N–H and O–H groups in total. The summed E-state index contributed by atoms with van der Waals surface area (Å²) in [6.45, 7) is 2.05. The van der Waals surface area contributed by atoms with Crippen LogP contribution < -0.4 is 4.90 Å². The first-order valence-corrected chi connectivity index (χ1v) is 5.23. The van der Waals surface area contributed by atoms with Crippen LogP contribution in [0.1, 0.15) is 18.4 Å². The predicted molar refractivity (Wildman–Crippen MR) is 55.3 cm³/mol. The number of anilines is 1. The number of piperidine rings is 1. The third kappa shape index (κ3) is 2.28. The van der Waals surface area contributed by atoms with E-state index in [0.717, 1.165) is 5.56 Å². The molecule has 0 bridgehead atoms. The molecule has 2 rings (SSSR count). The Morgan fingerprint density at radius 1 is 1.31 bits per heavy atom. The van der Waals surface area contributed by atoms with Gasteiger partial charge in [-0.2, -0.15) is 0 Å². The van der Waals surface area contributed by atoms with Gasteiger partial charge in [0.1, 0.15) is 0 Å². The second-order valence-corrected chi connectivity index (χ2v) is 4.16. The smallest absolute Gasteiger partial charge is 0.251 e. The van der Waals surface area contributed by atoms with Crippen molar-refractivity contribution >= 4 is 5.82 Å². The summed E-state index contributed by atoms with van der Waals surface area (Å²) < 4.78 is 39.4. The van der Waals surface area contributed by atoms with E-state index in [2.05, 4.69) is 4.98 Å². The monoisotopic (exact) mass is 230 g/mol. The van der Waals surface area contributed by atoms with E-state index < -0.39 is 11.7 Å². The quantitative estimate of drug-likeness (QED) is 0.737. The molecular weight excluding hydrogens is 217 g/mol. The van der Waals surface area contributed by atoms with Crippen LogP contribution in [0.25, 0.3) is 0 Å². The molecule has 0 radical (unpaired) electrons. The van der Waals surface area contributed by atoms with Crippen molar-refractivity contribution in [2.75, 3.05) is 18.0 Å². The number of rotatable bonds is 1. The van der Waals surface area contributed by atoms with Gasteiger partial charge < -0.3 is 4.90 Å². The summed E-state index contributed by atoms with van der Waals surface area (Å²) in [6.07, 6.45) is 1.08. The van der Waals surface area contributed by atoms with Crippen LogP contribution in [0.2, 0.25) is 0 Å². The Bertz CT molecular complexity index is 383. The van der Waals surface area contributed by atoms with Gasteiger partial charge in [-0.25, -0.2) is 18.2 Å². The van der Waals surface area contributed by atoms with Crippen molar-refractivity contribution in [2.24, 2.45) is 0 Å². The van der Waals surface area contributed by atoms with Crippen LogP contribution >= 0.6 is 0 Å². The number of alkyl halides is 2. The summed E-state index contributed by atoms with van der Waals surface area (Å²) in [4.78, 5) is 5.53. The molecule has 0 aliphatic carbocycles. The van der Waals surface area contributed by atoms with Gasteiger partial charge in [0.25, 0.3) is 5.92 Å². The number of hydrogen-bond acceptors (Lipinski definition) is 2. The molecule has 2 nitrogen and oxygen atoms in total. The molecule has 0 aromatic carbocycles. The highest BCUT2D eigenvalue weighted by Crippen LogP contribution is 2.30. The molecule has 2 heterocycles. The molecule has 1 aliphatic heterocycles. The number of hydrogen-bond donors (Lipinski definition) is 0. The van der Waals surface area contributed by atoms with Crippen molar-refractivity contribution in [3.05, 3.63) is 23.6 Å². The van der Waals surface area contributed by atoms with E-state index in [0.29, 0.717) is 0 Å². The molecule has 1 fully saturated rings. The number of nitrogens with zero attached hydrogens (tertiary/aromatic N) is 2. The highest BCUT2D eigenvalue weighted by Gasteiger charge is 2.34. The number of halogens is 3. The zero-order chi connectivity index (χ0) is 11.8. The summed E-state index contributed by atoms with van der Waals surface area (Å²) in [5.41, 5.74) is 0.726. The van der Waals surface area contributed by atoms with Crippen LogP contribution in [-0.4, -0.2) is 24.0 Å². The summed E-state index contributed by atoms with van der Waals surface area (Å²) in [7, 11) is 0. The molecule has 0 amide bonds. The largest absolute Gasteiger partial charge is 0.354 e. The first kappa shape index (κ1) is 11.2. The molecule has 0 saturated carbocycles. The van der Waals surface area contributed by atoms with E-state index in [9.17, 15) is 13.2 Å². The Kier molecular flexibility index (Phi) is 2.78. The van der Waals surface area contributed by atoms with Crippen LogP contribution in [0, 0.1) is 12.7 Å². The van der Waals surface area contributed by atoms with Gasteiger partial charge in [-0.05, 0) is 18.6 Å². The lowest BCUT2D eigenvalue weighted by molar-refractivity contribution is -0.0222. The minimum absolute atomic E-state index is 0.153. The molecule has 1 aliphatic rings. The third-order valence-corrected chi connectivity index (χ3v) is 2.75. The minimum Gasteiger partial charge on any atom is -0.354 e. The standard InChI is InChI=1S/C11H13F3N2/c1-8-6-9(12)10(15-7-8)16-4-2-11(13,14)3-5-16/h6-7H,2-5H2,1H3. The summed E-state index contributed by atoms with van der Waals surface area (Å²) in [5, 5.41) is 0. The molecule has 0 spiro atoms. The van der Waals surface area contributed by atoms with Crippen molar-refractivity contribution < 1.29 is 13.2 Å². The molecule has 1 aromatic heterocycles. The molecule has 1 saturated heterocycles. The van der Waals surface area contributed by atoms with Crippen LogP contribution in [0.5, 0.6) is 0 Å². The number of pyridine rings is 1. The summed E-state index contributed by atoms with van der Waals surface area (Å²) >= 11 is 0. The predicted octanol–water partition coefficient (Wildman–Crippen LogP) is 2.76.